The molecule has 3 N–H and O–H groups in total. The third kappa shape index (κ3) is 3.01. The molecule has 0 radical (unpaired) electrons. The Morgan fingerprint density at radius 1 is 1.57 bits per heavy atom. The van der Waals surface area contributed by atoms with E-state index in [9.17, 15) is 9.59 Å². The summed E-state index contributed by atoms with van der Waals surface area (Å²) in [6.07, 6.45) is 3.56. The van der Waals surface area contributed by atoms with Crippen molar-refractivity contribution < 1.29 is 14.3 Å². The van der Waals surface area contributed by atoms with Gasteiger partial charge in [-0.15, -0.1) is 0 Å². The Hall–Kier alpha value is -2.90. The van der Waals surface area contributed by atoms with Crippen LogP contribution in [0.15, 0.2) is 24.5 Å². The molecule has 0 bridgehead atoms. The lowest BCUT2D eigenvalue weighted by molar-refractivity contribution is -0.144. The maximum absolute atomic E-state index is 12.0. The van der Waals surface area contributed by atoms with Crippen LogP contribution < -0.4 is 11.1 Å². The summed E-state index contributed by atoms with van der Waals surface area (Å²) in [6.45, 7) is 2.48. The van der Waals surface area contributed by atoms with Crippen molar-refractivity contribution in [2.45, 2.75) is 19.4 Å². The third-order valence-electron chi connectivity index (χ3n) is 3.65. The maximum atomic E-state index is 12.0. The van der Waals surface area contributed by atoms with Crippen LogP contribution in [-0.2, 0) is 9.53 Å². The predicted molar refractivity (Wildman–Crippen MR) is 82.5 cm³/mol. The highest BCUT2D eigenvalue weighted by Crippen LogP contribution is 2.27. The zero-order valence-corrected chi connectivity index (χ0v) is 12.7. The molecule has 23 heavy (non-hydrogen) atoms. The number of nitrogens with two attached hydrogens (primary N) is 1. The van der Waals surface area contributed by atoms with Gasteiger partial charge in [0, 0.05) is 24.5 Å². The zero-order valence-electron chi connectivity index (χ0n) is 12.7. The van der Waals surface area contributed by atoms with Gasteiger partial charge in [-0.25, -0.2) is 9.97 Å². The number of ether oxygens (including phenoxy) is 1. The molecule has 3 heterocycles. The van der Waals surface area contributed by atoms with E-state index in [0.717, 1.165) is 5.56 Å². The molecule has 1 aliphatic rings. The zero-order chi connectivity index (χ0) is 16.4. The van der Waals surface area contributed by atoms with E-state index < -0.39 is 0 Å². The number of anilines is 1. The first-order chi connectivity index (χ1) is 11.1. The van der Waals surface area contributed by atoms with Crippen LogP contribution in [0.5, 0.6) is 0 Å². The fourth-order valence-corrected chi connectivity index (χ4v) is 2.62. The molecule has 1 atom stereocenters. The molecule has 1 unspecified atom stereocenters. The summed E-state index contributed by atoms with van der Waals surface area (Å²) in [5.74, 6) is -0.307. The van der Waals surface area contributed by atoms with Gasteiger partial charge in [0.05, 0.1) is 24.8 Å². The van der Waals surface area contributed by atoms with Crippen molar-refractivity contribution in [1.29, 1.82) is 0 Å². The summed E-state index contributed by atoms with van der Waals surface area (Å²) in [5.41, 5.74) is 7.46. The van der Waals surface area contributed by atoms with E-state index in [1.54, 1.807) is 36.0 Å². The smallest absolute Gasteiger partial charge is 0.307 e. The number of hydrogen-bond acceptors (Lipinski definition) is 6. The Morgan fingerprint density at radius 3 is 3.13 bits per heavy atom. The summed E-state index contributed by atoms with van der Waals surface area (Å²) in [5, 5.41) is 2.79. The summed E-state index contributed by atoms with van der Waals surface area (Å²) in [7, 11) is 0. The van der Waals surface area contributed by atoms with Crippen LogP contribution in [0.2, 0.25) is 0 Å². The lowest BCUT2D eigenvalue weighted by Crippen LogP contribution is -2.39. The number of fused-ring (bicyclic) bond motifs is 1. The number of nitrogens with zero attached hydrogens (tertiary/aromatic N) is 3. The van der Waals surface area contributed by atoms with Crippen LogP contribution in [0.1, 0.15) is 29.9 Å². The molecular formula is C15H17N5O3. The monoisotopic (exact) mass is 315 g/mol. The molecule has 0 aliphatic carbocycles. The number of nitrogen functional groups attached to an aromatic ring is 1. The molecule has 1 amide bonds. The van der Waals surface area contributed by atoms with E-state index in [1.165, 1.54) is 0 Å². The van der Waals surface area contributed by atoms with Gasteiger partial charge in [-0.05, 0) is 19.1 Å². The van der Waals surface area contributed by atoms with Crippen molar-refractivity contribution in [2.75, 3.05) is 18.9 Å². The fourth-order valence-electron chi connectivity index (χ4n) is 2.62. The van der Waals surface area contributed by atoms with Gasteiger partial charge in [0.25, 0.3) is 5.91 Å². The Kier molecular flexibility index (Phi) is 3.96. The van der Waals surface area contributed by atoms with Crippen LogP contribution in [0, 0.1) is 0 Å². The second kappa shape index (κ2) is 6.07. The topological polar surface area (TPSA) is 112 Å². The van der Waals surface area contributed by atoms with Gasteiger partial charge < -0.3 is 20.4 Å². The first kappa shape index (κ1) is 15.0. The largest absolute Gasteiger partial charge is 0.466 e. The minimum Gasteiger partial charge on any atom is -0.466 e. The number of nitrogens with one attached hydrogen (secondary N) is 1. The normalized spacial score (nSPS) is 16.6. The van der Waals surface area contributed by atoms with Crippen molar-refractivity contribution >= 4 is 17.8 Å². The van der Waals surface area contributed by atoms with Gasteiger partial charge in [-0.2, -0.15) is 0 Å². The lowest BCUT2D eigenvalue weighted by Gasteiger charge is -2.25. The molecule has 120 valence electrons. The molecule has 0 fully saturated rings. The van der Waals surface area contributed by atoms with Crippen molar-refractivity contribution in [3.05, 3.63) is 30.2 Å². The molecule has 3 rings (SSSR count). The van der Waals surface area contributed by atoms with Crippen molar-refractivity contribution in [3.63, 3.8) is 0 Å². The minimum absolute atomic E-state index is 0.166. The highest BCUT2D eigenvalue weighted by atomic mass is 16.5. The van der Waals surface area contributed by atoms with Crippen LogP contribution in [0.25, 0.3) is 11.3 Å². The van der Waals surface area contributed by atoms with Gasteiger partial charge in [0.2, 0.25) is 5.95 Å². The van der Waals surface area contributed by atoms with E-state index in [-0.39, 0.29) is 30.3 Å². The first-order valence-corrected chi connectivity index (χ1v) is 7.33. The molecule has 8 heteroatoms. The predicted octanol–water partition coefficient (Wildman–Crippen LogP) is 0.765. The van der Waals surface area contributed by atoms with E-state index in [1.807, 2.05) is 0 Å². The van der Waals surface area contributed by atoms with Gasteiger partial charge in [-0.3, -0.25) is 9.59 Å². The average molecular weight is 315 g/mol. The van der Waals surface area contributed by atoms with Gasteiger partial charge in [-0.1, -0.05) is 0 Å². The van der Waals surface area contributed by atoms with Crippen LogP contribution in [0.4, 0.5) is 5.95 Å². The minimum atomic E-state index is -0.291. The molecule has 2 aromatic rings. The molecule has 2 aromatic heterocycles. The van der Waals surface area contributed by atoms with E-state index in [4.69, 9.17) is 10.5 Å². The molecule has 0 spiro atoms. The molecule has 0 saturated heterocycles. The molecule has 0 saturated carbocycles. The van der Waals surface area contributed by atoms with Crippen molar-refractivity contribution in [1.82, 2.24) is 19.9 Å². The number of carbonyl (C=O) groups is 2. The Labute approximate surface area is 132 Å². The SMILES string of the molecule is CCOC(=O)CC1CNC(=O)c2cc(-c3ccnc(N)n3)cn21. The summed E-state index contributed by atoms with van der Waals surface area (Å²) in [4.78, 5) is 31.8. The van der Waals surface area contributed by atoms with Gasteiger partial charge >= 0.3 is 5.97 Å². The summed E-state index contributed by atoms with van der Waals surface area (Å²) < 4.78 is 6.79. The van der Waals surface area contributed by atoms with Crippen LogP contribution in [-0.4, -0.2) is 39.6 Å². The third-order valence-corrected chi connectivity index (χ3v) is 3.65. The number of hydrogen-bond donors (Lipinski definition) is 2. The Morgan fingerprint density at radius 2 is 2.39 bits per heavy atom. The van der Waals surface area contributed by atoms with Crippen LogP contribution >= 0.6 is 0 Å². The number of amides is 1. The standard InChI is InChI=1S/C15H17N5O3/c1-2-23-13(21)6-10-7-18-14(22)12-5-9(8-20(10)12)11-3-4-17-15(16)19-11/h3-5,8,10H,2,6-7H2,1H3,(H,18,22)(H2,16,17,19). The van der Waals surface area contributed by atoms with Gasteiger partial charge in [0.15, 0.2) is 0 Å². The molecule has 8 nitrogen and oxygen atoms in total. The summed E-state index contributed by atoms with van der Waals surface area (Å²) in [6, 6.07) is 3.26. The quantitative estimate of drug-likeness (QED) is 0.806. The Bertz CT molecular complexity index is 755. The maximum Gasteiger partial charge on any atom is 0.307 e. The van der Waals surface area contributed by atoms with E-state index in [0.29, 0.717) is 24.5 Å². The molecule has 0 aromatic carbocycles. The number of aromatic nitrogens is 3. The molecule has 1 aliphatic heterocycles. The highest BCUT2D eigenvalue weighted by Gasteiger charge is 2.28. The lowest BCUT2D eigenvalue weighted by atomic mass is 10.1. The van der Waals surface area contributed by atoms with E-state index in [2.05, 4.69) is 15.3 Å². The van der Waals surface area contributed by atoms with Crippen LogP contribution in [0.3, 0.4) is 0 Å². The fraction of sp³-hybridized carbons (Fsp3) is 0.333. The molecular weight excluding hydrogens is 298 g/mol. The van der Waals surface area contributed by atoms with Crippen molar-refractivity contribution in [3.8, 4) is 11.3 Å². The average Bonchev–Trinajstić information content (AvgIpc) is 2.97. The number of rotatable bonds is 4. The van der Waals surface area contributed by atoms with E-state index >= 15 is 0 Å². The summed E-state index contributed by atoms with van der Waals surface area (Å²) >= 11 is 0. The number of esters is 1. The van der Waals surface area contributed by atoms with Gasteiger partial charge in [0.1, 0.15) is 5.69 Å². The second-order valence-corrected chi connectivity index (χ2v) is 5.19. The highest BCUT2D eigenvalue weighted by molar-refractivity contribution is 5.95. The second-order valence-electron chi connectivity index (χ2n) is 5.19. The number of carbonyl (C=O) groups excluding carboxylic acids is 2. The Balaban J connectivity index is 1.93. The van der Waals surface area contributed by atoms with Crippen molar-refractivity contribution in [2.24, 2.45) is 0 Å². The first-order valence-electron chi connectivity index (χ1n) is 7.33.